The van der Waals surface area contributed by atoms with Gasteiger partial charge in [0.15, 0.2) is 0 Å². The van der Waals surface area contributed by atoms with Crippen LogP contribution >= 0.6 is 0 Å². The molecule has 1 saturated carbocycles. The van der Waals surface area contributed by atoms with E-state index in [2.05, 4.69) is 17.6 Å². The Morgan fingerprint density at radius 2 is 1.84 bits per heavy atom. The van der Waals surface area contributed by atoms with Gasteiger partial charge in [0.05, 0.1) is 0 Å². The monoisotopic (exact) mass is 269 g/mol. The average molecular weight is 269 g/mol. The Hall–Kier alpha value is -0.770. The summed E-state index contributed by atoms with van der Waals surface area (Å²) in [5.74, 6) is 0.820. The molecule has 1 aliphatic carbocycles. The first-order chi connectivity index (χ1) is 8.87. The van der Waals surface area contributed by atoms with Gasteiger partial charge in [-0.1, -0.05) is 6.92 Å². The summed E-state index contributed by atoms with van der Waals surface area (Å²) in [6, 6.07) is 0.366. The van der Waals surface area contributed by atoms with E-state index in [1.54, 1.807) is 0 Å². The lowest BCUT2D eigenvalue weighted by molar-refractivity contribution is 0.228. The average Bonchev–Trinajstić information content (AvgIpc) is 2.30. The van der Waals surface area contributed by atoms with Crippen LogP contribution in [0.5, 0.6) is 0 Å². The zero-order valence-electron chi connectivity index (χ0n) is 12.8. The summed E-state index contributed by atoms with van der Waals surface area (Å²) in [7, 11) is 0. The minimum Gasteiger partial charge on any atom is -0.338 e. The number of hydrogen-bond acceptors (Lipinski definition) is 2. The minimum atomic E-state index is -0.0962. The van der Waals surface area contributed by atoms with E-state index in [9.17, 15) is 4.79 Å². The molecule has 0 bridgehead atoms. The maximum absolute atomic E-state index is 11.7. The van der Waals surface area contributed by atoms with E-state index in [-0.39, 0.29) is 11.6 Å². The number of unbranched alkanes of at least 4 members (excludes halogenated alkanes) is 1. The third-order valence-corrected chi connectivity index (χ3v) is 3.88. The van der Waals surface area contributed by atoms with E-state index in [4.69, 9.17) is 5.73 Å². The summed E-state index contributed by atoms with van der Waals surface area (Å²) in [4.78, 5) is 11.7. The Kier molecular flexibility index (Phi) is 6.63. The first kappa shape index (κ1) is 16.3. The second-order valence-electron chi connectivity index (χ2n) is 6.80. The highest BCUT2D eigenvalue weighted by molar-refractivity contribution is 5.74. The first-order valence-electron chi connectivity index (χ1n) is 7.70. The van der Waals surface area contributed by atoms with Crippen LogP contribution in [0, 0.1) is 5.92 Å². The lowest BCUT2D eigenvalue weighted by Gasteiger charge is -2.27. The summed E-state index contributed by atoms with van der Waals surface area (Å²) in [6.45, 7) is 7.11. The van der Waals surface area contributed by atoms with Crippen LogP contribution in [0.4, 0.5) is 4.79 Å². The summed E-state index contributed by atoms with van der Waals surface area (Å²) in [6.07, 6.45) is 7.76. The Balaban J connectivity index is 2.02. The predicted octanol–water partition coefficient (Wildman–Crippen LogP) is 2.77. The molecule has 0 aromatic carbocycles. The zero-order valence-corrected chi connectivity index (χ0v) is 12.8. The Morgan fingerprint density at radius 3 is 2.42 bits per heavy atom. The fraction of sp³-hybridized carbons (Fsp3) is 0.933. The van der Waals surface area contributed by atoms with Crippen molar-refractivity contribution in [1.29, 1.82) is 0 Å². The number of hydrogen-bond donors (Lipinski definition) is 3. The predicted molar refractivity (Wildman–Crippen MR) is 80.1 cm³/mol. The van der Waals surface area contributed by atoms with Crippen LogP contribution in [-0.4, -0.2) is 24.2 Å². The highest BCUT2D eigenvalue weighted by Gasteiger charge is 2.19. The largest absolute Gasteiger partial charge is 0.338 e. The summed E-state index contributed by atoms with van der Waals surface area (Å²) in [5.41, 5.74) is 5.82. The van der Waals surface area contributed by atoms with Crippen LogP contribution < -0.4 is 16.4 Å². The summed E-state index contributed by atoms with van der Waals surface area (Å²) >= 11 is 0. The van der Waals surface area contributed by atoms with Crippen LogP contribution in [-0.2, 0) is 0 Å². The normalized spacial score (nSPS) is 24.0. The molecular formula is C15H31N3O. The summed E-state index contributed by atoms with van der Waals surface area (Å²) in [5, 5.41) is 6.01. The van der Waals surface area contributed by atoms with Crippen molar-refractivity contribution in [3.8, 4) is 0 Å². The van der Waals surface area contributed by atoms with Gasteiger partial charge in [0, 0.05) is 18.1 Å². The molecule has 112 valence electrons. The highest BCUT2D eigenvalue weighted by atomic mass is 16.2. The molecule has 0 aromatic rings. The summed E-state index contributed by atoms with van der Waals surface area (Å²) < 4.78 is 0. The van der Waals surface area contributed by atoms with Crippen molar-refractivity contribution in [1.82, 2.24) is 10.6 Å². The number of rotatable bonds is 6. The molecule has 19 heavy (non-hydrogen) atoms. The van der Waals surface area contributed by atoms with Crippen molar-refractivity contribution in [3.63, 3.8) is 0 Å². The first-order valence-corrected chi connectivity index (χ1v) is 7.70. The molecule has 4 nitrogen and oxygen atoms in total. The van der Waals surface area contributed by atoms with E-state index >= 15 is 0 Å². The van der Waals surface area contributed by atoms with Crippen LogP contribution in [0.3, 0.4) is 0 Å². The Bertz CT molecular complexity index is 265. The molecule has 0 heterocycles. The van der Waals surface area contributed by atoms with Crippen LogP contribution in [0.15, 0.2) is 0 Å². The quantitative estimate of drug-likeness (QED) is 0.649. The van der Waals surface area contributed by atoms with Crippen molar-refractivity contribution in [2.45, 2.75) is 77.3 Å². The molecule has 1 fully saturated rings. The number of amides is 2. The van der Waals surface area contributed by atoms with Crippen LogP contribution in [0.1, 0.15) is 65.7 Å². The molecule has 0 saturated heterocycles. The maximum atomic E-state index is 11.7. The van der Waals surface area contributed by atoms with Crippen molar-refractivity contribution in [2.24, 2.45) is 11.7 Å². The maximum Gasteiger partial charge on any atom is 0.315 e. The van der Waals surface area contributed by atoms with Crippen LogP contribution in [0.2, 0.25) is 0 Å². The second kappa shape index (κ2) is 7.73. The van der Waals surface area contributed by atoms with E-state index in [1.807, 2.05) is 13.8 Å². The van der Waals surface area contributed by atoms with Gasteiger partial charge in [-0.05, 0) is 64.7 Å². The van der Waals surface area contributed by atoms with E-state index in [1.165, 1.54) is 12.8 Å². The SMILES string of the molecule is CC1CCC(NC(=O)NCCCCC(C)(C)N)CC1. The fourth-order valence-electron chi connectivity index (χ4n) is 2.55. The molecule has 0 aliphatic heterocycles. The second-order valence-corrected chi connectivity index (χ2v) is 6.80. The van der Waals surface area contributed by atoms with Gasteiger partial charge in [0.2, 0.25) is 0 Å². The minimum absolute atomic E-state index is 0.00781. The molecular weight excluding hydrogens is 238 g/mol. The third-order valence-electron chi connectivity index (χ3n) is 3.88. The van der Waals surface area contributed by atoms with Gasteiger partial charge in [-0.25, -0.2) is 4.79 Å². The van der Waals surface area contributed by atoms with Crippen LogP contribution in [0.25, 0.3) is 0 Å². The van der Waals surface area contributed by atoms with Gasteiger partial charge in [-0.2, -0.15) is 0 Å². The highest BCUT2D eigenvalue weighted by Crippen LogP contribution is 2.23. The number of carbonyl (C=O) groups excluding carboxylic acids is 1. The number of nitrogens with one attached hydrogen (secondary N) is 2. The van der Waals surface area contributed by atoms with Gasteiger partial charge >= 0.3 is 6.03 Å². The van der Waals surface area contributed by atoms with Crippen molar-refractivity contribution >= 4 is 6.03 Å². The van der Waals surface area contributed by atoms with Gasteiger partial charge in [0.25, 0.3) is 0 Å². The molecule has 0 aromatic heterocycles. The molecule has 0 spiro atoms. The van der Waals surface area contributed by atoms with E-state index in [0.717, 1.165) is 44.6 Å². The Labute approximate surface area is 117 Å². The lowest BCUT2D eigenvalue weighted by Crippen LogP contribution is -2.43. The lowest BCUT2D eigenvalue weighted by atomic mass is 9.87. The van der Waals surface area contributed by atoms with E-state index < -0.39 is 0 Å². The zero-order chi connectivity index (χ0) is 14.3. The molecule has 0 atom stereocenters. The number of urea groups is 1. The van der Waals surface area contributed by atoms with Crippen molar-refractivity contribution < 1.29 is 4.79 Å². The van der Waals surface area contributed by atoms with Gasteiger partial charge in [-0.15, -0.1) is 0 Å². The molecule has 2 amide bonds. The van der Waals surface area contributed by atoms with Gasteiger partial charge in [-0.3, -0.25) is 0 Å². The molecule has 0 unspecified atom stereocenters. The molecule has 4 N–H and O–H groups in total. The third kappa shape index (κ3) is 8.09. The molecule has 4 heteroatoms. The van der Waals surface area contributed by atoms with Crippen molar-refractivity contribution in [2.75, 3.05) is 6.54 Å². The van der Waals surface area contributed by atoms with E-state index in [0.29, 0.717) is 6.04 Å². The van der Waals surface area contributed by atoms with Gasteiger partial charge in [0.1, 0.15) is 0 Å². The molecule has 1 aliphatic rings. The fourth-order valence-corrected chi connectivity index (χ4v) is 2.55. The van der Waals surface area contributed by atoms with Gasteiger partial charge < -0.3 is 16.4 Å². The molecule has 0 radical (unpaired) electrons. The number of carbonyl (C=O) groups is 1. The smallest absolute Gasteiger partial charge is 0.315 e. The standard InChI is InChI=1S/C15H31N3O/c1-12-6-8-13(9-7-12)18-14(19)17-11-5-4-10-15(2,3)16/h12-13H,4-11,16H2,1-3H3,(H2,17,18,19). The van der Waals surface area contributed by atoms with Crippen molar-refractivity contribution in [3.05, 3.63) is 0 Å². The Morgan fingerprint density at radius 1 is 1.21 bits per heavy atom. The topological polar surface area (TPSA) is 67.2 Å². The number of nitrogens with two attached hydrogens (primary N) is 1. The molecule has 1 rings (SSSR count).